The molecule has 0 saturated carbocycles. The number of nitrogens with two attached hydrogens (primary N) is 1. The van der Waals surface area contributed by atoms with Gasteiger partial charge in [-0.25, -0.2) is 0 Å². The molecule has 3 aromatic rings. The average molecular weight is 430 g/mol. The Morgan fingerprint density at radius 2 is 1.66 bits per heavy atom. The van der Waals surface area contributed by atoms with Crippen molar-refractivity contribution in [2.75, 3.05) is 13.7 Å². The van der Waals surface area contributed by atoms with Gasteiger partial charge in [-0.15, -0.1) is 0 Å². The first kappa shape index (κ1) is 21.0. The average Bonchev–Trinajstić information content (AvgIpc) is 2.81. The lowest BCUT2D eigenvalue weighted by Gasteiger charge is -2.28. The van der Waals surface area contributed by atoms with Crippen molar-refractivity contribution in [1.29, 1.82) is 0 Å². The Balaban J connectivity index is 1.51. The predicted octanol–water partition coefficient (Wildman–Crippen LogP) is 3.58. The number of carbonyl (C=O) groups is 2. The fourth-order valence-corrected chi connectivity index (χ4v) is 3.48. The highest BCUT2D eigenvalue weighted by molar-refractivity contribution is 5.92. The van der Waals surface area contributed by atoms with Gasteiger partial charge in [-0.05, 0) is 35.9 Å². The third-order valence-corrected chi connectivity index (χ3v) is 4.95. The summed E-state index contributed by atoms with van der Waals surface area (Å²) < 4.78 is 16.6. The van der Waals surface area contributed by atoms with Crippen LogP contribution in [0.3, 0.4) is 0 Å². The molecule has 4 rings (SSSR count). The topological polar surface area (TPSA) is 99.9 Å². The standard InChI is InChI=1S/C25H22N2O5/c1-30-22-14-16(10-12-21(22)31-15-23(26)28)11-13-24(29)27-25-17-6-2-4-8-19(17)32-20-9-5-3-7-18(20)25/h2-14,25H,15H2,1H3,(H2,26,28)(H,27,29)/b13-11+. The van der Waals surface area contributed by atoms with Gasteiger partial charge in [0, 0.05) is 17.2 Å². The number of fused-ring (bicyclic) bond motifs is 2. The predicted molar refractivity (Wildman–Crippen MR) is 120 cm³/mol. The number of hydrogen-bond donors (Lipinski definition) is 2. The van der Waals surface area contributed by atoms with E-state index in [1.807, 2.05) is 48.5 Å². The van der Waals surface area contributed by atoms with Crippen LogP contribution in [-0.4, -0.2) is 25.5 Å². The minimum atomic E-state index is -0.580. The molecule has 0 spiro atoms. The van der Waals surface area contributed by atoms with E-state index in [1.54, 1.807) is 24.3 Å². The number of rotatable bonds is 7. The van der Waals surface area contributed by atoms with Gasteiger partial charge in [0.1, 0.15) is 11.5 Å². The van der Waals surface area contributed by atoms with E-state index in [4.69, 9.17) is 19.9 Å². The highest BCUT2D eigenvalue weighted by Gasteiger charge is 2.27. The van der Waals surface area contributed by atoms with Gasteiger partial charge >= 0.3 is 0 Å². The second-order valence-corrected chi connectivity index (χ2v) is 7.12. The number of nitrogens with one attached hydrogen (secondary N) is 1. The van der Waals surface area contributed by atoms with Gasteiger partial charge in [-0.3, -0.25) is 9.59 Å². The van der Waals surface area contributed by atoms with E-state index in [0.717, 1.165) is 28.2 Å². The molecular formula is C25H22N2O5. The molecule has 162 valence electrons. The SMILES string of the molecule is COc1cc(/C=C/C(=O)NC2c3ccccc3Oc3ccccc32)ccc1OCC(N)=O. The first-order valence-electron chi connectivity index (χ1n) is 9.98. The van der Waals surface area contributed by atoms with E-state index < -0.39 is 5.91 Å². The van der Waals surface area contributed by atoms with Gasteiger partial charge in [0.25, 0.3) is 5.91 Å². The van der Waals surface area contributed by atoms with E-state index in [9.17, 15) is 9.59 Å². The molecule has 32 heavy (non-hydrogen) atoms. The monoisotopic (exact) mass is 430 g/mol. The Bertz CT molecular complexity index is 1140. The lowest BCUT2D eigenvalue weighted by Crippen LogP contribution is -2.29. The number of carbonyl (C=O) groups excluding carboxylic acids is 2. The Kier molecular flexibility index (Phi) is 6.07. The molecule has 0 fully saturated rings. The van der Waals surface area contributed by atoms with Gasteiger partial charge in [-0.1, -0.05) is 42.5 Å². The summed E-state index contributed by atoms with van der Waals surface area (Å²) in [4.78, 5) is 23.7. The fourth-order valence-electron chi connectivity index (χ4n) is 3.48. The fraction of sp³-hybridized carbons (Fsp3) is 0.120. The molecule has 7 nitrogen and oxygen atoms in total. The van der Waals surface area contributed by atoms with Gasteiger partial charge < -0.3 is 25.3 Å². The van der Waals surface area contributed by atoms with E-state index in [-0.39, 0.29) is 18.6 Å². The maximum atomic E-state index is 12.8. The van der Waals surface area contributed by atoms with Crippen LogP contribution in [-0.2, 0) is 9.59 Å². The van der Waals surface area contributed by atoms with E-state index in [2.05, 4.69) is 5.32 Å². The molecule has 0 saturated heterocycles. The van der Waals surface area contributed by atoms with Crippen LogP contribution >= 0.6 is 0 Å². The molecular weight excluding hydrogens is 408 g/mol. The van der Waals surface area contributed by atoms with Gasteiger partial charge in [0.15, 0.2) is 18.1 Å². The smallest absolute Gasteiger partial charge is 0.255 e. The number of amides is 2. The van der Waals surface area contributed by atoms with Crippen molar-refractivity contribution in [3.8, 4) is 23.0 Å². The van der Waals surface area contributed by atoms with Crippen molar-refractivity contribution in [3.05, 3.63) is 89.5 Å². The molecule has 7 heteroatoms. The van der Waals surface area contributed by atoms with Gasteiger partial charge in [0.2, 0.25) is 5.91 Å². The third kappa shape index (κ3) is 4.57. The maximum Gasteiger partial charge on any atom is 0.255 e. The van der Waals surface area contributed by atoms with Crippen LogP contribution in [0.4, 0.5) is 0 Å². The van der Waals surface area contributed by atoms with Crippen molar-refractivity contribution >= 4 is 17.9 Å². The summed E-state index contributed by atoms with van der Waals surface area (Å²) in [5.41, 5.74) is 7.63. The summed E-state index contributed by atoms with van der Waals surface area (Å²) in [5.74, 6) is 1.43. The van der Waals surface area contributed by atoms with Crippen LogP contribution in [0.25, 0.3) is 6.08 Å². The lowest BCUT2D eigenvalue weighted by atomic mass is 9.94. The zero-order valence-electron chi connectivity index (χ0n) is 17.4. The second kappa shape index (κ2) is 9.26. The Hall–Kier alpha value is -4.26. The van der Waals surface area contributed by atoms with Crippen molar-refractivity contribution in [2.24, 2.45) is 5.73 Å². The lowest BCUT2D eigenvalue weighted by molar-refractivity contribution is -0.120. The van der Waals surface area contributed by atoms with Crippen molar-refractivity contribution < 1.29 is 23.8 Å². The summed E-state index contributed by atoms with van der Waals surface area (Å²) in [6.45, 7) is -0.248. The van der Waals surface area contributed by atoms with E-state index >= 15 is 0 Å². The molecule has 0 unspecified atom stereocenters. The molecule has 0 radical (unpaired) electrons. The van der Waals surface area contributed by atoms with Gasteiger partial charge in [0.05, 0.1) is 13.2 Å². The van der Waals surface area contributed by atoms with Crippen LogP contribution in [0.15, 0.2) is 72.8 Å². The third-order valence-electron chi connectivity index (χ3n) is 4.95. The summed E-state index contributed by atoms with van der Waals surface area (Å²) in [6, 6.07) is 20.1. The largest absolute Gasteiger partial charge is 0.493 e. The molecule has 0 aromatic heterocycles. The summed E-state index contributed by atoms with van der Waals surface area (Å²) in [5, 5.41) is 3.06. The molecule has 0 aliphatic carbocycles. The molecule has 1 aliphatic rings. The van der Waals surface area contributed by atoms with Crippen LogP contribution in [0.5, 0.6) is 23.0 Å². The summed E-state index contributed by atoms with van der Waals surface area (Å²) >= 11 is 0. The number of ether oxygens (including phenoxy) is 3. The van der Waals surface area contributed by atoms with E-state index in [1.165, 1.54) is 13.2 Å². The van der Waals surface area contributed by atoms with Crippen LogP contribution in [0.1, 0.15) is 22.7 Å². The number of methoxy groups -OCH3 is 1. The number of primary amides is 1. The first-order chi connectivity index (χ1) is 15.5. The van der Waals surface area contributed by atoms with Crippen LogP contribution < -0.4 is 25.3 Å². The van der Waals surface area contributed by atoms with Crippen LogP contribution in [0.2, 0.25) is 0 Å². The van der Waals surface area contributed by atoms with Crippen molar-refractivity contribution in [3.63, 3.8) is 0 Å². The highest BCUT2D eigenvalue weighted by Crippen LogP contribution is 2.42. The molecule has 3 N–H and O–H groups in total. The van der Waals surface area contributed by atoms with E-state index in [0.29, 0.717) is 11.5 Å². The summed E-state index contributed by atoms with van der Waals surface area (Å²) in [7, 11) is 1.49. The van der Waals surface area contributed by atoms with Gasteiger partial charge in [-0.2, -0.15) is 0 Å². The molecule has 2 amide bonds. The molecule has 1 heterocycles. The molecule has 0 bridgehead atoms. The minimum Gasteiger partial charge on any atom is -0.493 e. The number of benzene rings is 3. The zero-order valence-corrected chi connectivity index (χ0v) is 17.4. The number of para-hydroxylation sites is 2. The normalized spacial score (nSPS) is 12.4. The highest BCUT2D eigenvalue weighted by atomic mass is 16.5. The Morgan fingerprint density at radius 1 is 1.00 bits per heavy atom. The number of hydrogen-bond acceptors (Lipinski definition) is 5. The minimum absolute atomic E-state index is 0.248. The zero-order chi connectivity index (χ0) is 22.5. The molecule has 3 aromatic carbocycles. The van der Waals surface area contributed by atoms with Crippen molar-refractivity contribution in [1.82, 2.24) is 5.32 Å². The maximum absolute atomic E-state index is 12.8. The Morgan fingerprint density at radius 3 is 2.28 bits per heavy atom. The quantitative estimate of drug-likeness (QED) is 0.558. The van der Waals surface area contributed by atoms with Crippen LogP contribution in [0, 0.1) is 0 Å². The first-order valence-corrected chi connectivity index (χ1v) is 9.98. The molecule has 1 aliphatic heterocycles. The van der Waals surface area contributed by atoms with Crippen molar-refractivity contribution in [2.45, 2.75) is 6.04 Å². The Labute approximate surface area is 185 Å². The second-order valence-electron chi connectivity index (χ2n) is 7.12. The molecule has 0 atom stereocenters. The summed E-state index contributed by atoms with van der Waals surface area (Å²) in [6.07, 6.45) is 3.13.